The molecule has 2 heterocycles. The number of nitrogens with one attached hydrogen (secondary N) is 1. The predicted molar refractivity (Wildman–Crippen MR) is 86.7 cm³/mol. The minimum atomic E-state index is 0.452. The first kappa shape index (κ1) is 12.6. The Morgan fingerprint density at radius 3 is 2.90 bits per heavy atom. The van der Waals surface area contributed by atoms with Gasteiger partial charge in [-0.3, -0.25) is 0 Å². The second-order valence-corrected chi connectivity index (χ2v) is 6.34. The van der Waals surface area contributed by atoms with E-state index in [1.807, 2.05) is 31.2 Å². The number of aromatic nitrogens is 2. The quantitative estimate of drug-likeness (QED) is 0.556. The summed E-state index contributed by atoms with van der Waals surface area (Å²) in [5, 5.41) is 4.87. The summed E-state index contributed by atoms with van der Waals surface area (Å²) in [6, 6.07) is 11.8. The van der Waals surface area contributed by atoms with E-state index in [4.69, 9.17) is 16.0 Å². The highest BCUT2D eigenvalue weighted by atomic mass is 35.5. The van der Waals surface area contributed by atoms with Crippen LogP contribution in [0.2, 0.25) is 5.02 Å². The number of benzene rings is 2. The van der Waals surface area contributed by atoms with Crippen LogP contribution in [-0.2, 0) is 0 Å². The average Bonchev–Trinajstić information content (AvgIpc) is 2.99. The molecule has 4 nitrogen and oxygen atoms in total. The van der Waals surface area contributed by atoms with Crippen molar-refractivity contribution in [3.8, 4) is 0 Å². The Balaban J connectivity index is 1.71. The Morgan fingerprint density at radius 1 is 1.10 bits per heavy atom. The number of hydrogen-bond acceptors (Lipinski definition) is 5. The number of halogens is 1. The summed E-state index contributed by atoms with van der Waals surface area (Å²) >= 11 is 7.61. The van der Waals surface area contributed by atoms with Crippen molar-refractivity contribution in [3.05, 3.63) is 46.4 Å². The number of anilines is 2. The highest BCUT2D eigenvalue weighted by molar-refractivity contribution is 7.18. The predicted octanol–water partition coefficient (Wildman–Crippen LogP) is 5.14. The normalized spacial score (nSPS) is 11.3. The van der Waals surface area contributed by atoms with Crippen LogP contribution in [0, 0.1) is 6.92 Å². The van der Waals surface area contributed by atoms with E-state index in [1.54, 1.807) is 23.5 Å². The molecule has 0 spiro atoms. The lowest BCUT2D eigenvalue weighted by Crippen LogP contribution is -1.89. The van der Waals surface area contributed by atoms with Crippen LogP contribution < -0.4 is 5.32 Å². The van der Waals surface area contributed by atoms with Crippen molar-refractivity contribution >= 4 is 56.0 Å². The van der Waals surface area contributed by atoms with Gasteiger partial charge in [0.15, 0.2) is 5.58 Å². The molecule has 0 atom stereocenters. The van der Waals surface area contributed by atoms with Crippen molar-refractivity contribution in [2.75, 3.05) is 5.32 Å². The number of aryl methyl sites for hydroxylation is 1. The van der Waals surface area contributed by atoms with E-state index in [9.17, 15) is 0 Å². The number of hydrogen-bond donors (Lipinski definition) is 1. The Hall–Kier alpha value is -2.11. The van der Waals surface area contributed by atoms with Gasteiger partial charge >= 0.3 is 0 Å². The van der Waals surface area contributed by atoms with Crippen molar-refractivity contribution in [3.63, 3.8) is 0 Å². The number of rotatable bonds is 2. The van der Waals surface area contributed by atoms with Crippen LogP contribution in [0.1, 0.15) is 5.01 Å². The molecular weight excluding hydrogens is 306 g/mol. The summed E-state index contributed by atoms with van der Waals surface area (Å²) in [4.78, 5) is 8.82. The van der Waals surface area contributed by atoms with Crippen LogP contribution in [0.25, 0.3) is 21.3 Å². The number of fused-ring (bicyclic) bond motifs is 2. The third-order valence-electron chi connectivity index (χ3n) is 3.10. The molecule has 1 N–H and O–H groups in total. The lowest BCUT2D eigenvalue weighted by atomic mass is 10.3. The minimum Gasteiger partial charge on any atom is -0.423 e. The van der Waals surface area contributed by atoms with E-state index in [0.29, 0.717) is 16.6 Å². The summed E-state index contributed by atoms with van der Waals surface area (Å²) in [6.07, 6.45) is 0. The maximum atomic E-state index is 5.95. The molecule has 0 aliphatic rings. The van der Waals surface area contributed by atoms with Crippen LogP contribution in [-0.4, -0.2) is 9.97 Å². The Labute approximate surface area is 129 Å². The van der Waals surface area contributed by atoms with Crippen molar-refractivity contribution in [1.29, 1.82) is 0 Å². The fourth-order valence-electron chi connectivity index (χ4n) is 2.20. The van der Waals surface area contributed by atoms with E-state index in [2.05, 4.69) is 15.3 Å². The van der Waals surface area contributed by atoms with Gasteiger partial charge in [0.1, 0.15) is 5.52 Å². The SMILES string of the molecule is Cc1nc2ccc(Nc3nc4cc(Cl)ccc4o3)cc2s1. The van der Waals surface area contributed by atoms with Gasteiger partial charge in [0.25, 0.3) is 6.01 Å². The van der Waals surface area contributed by atoms with Crippen LogP contribution in [0.4, 0.5) is 11.7 Å². The Morgan fingerprint density at radius 2 is 2.00 bits per heavy atom. The molecule has 4 rings (SSSR count). The van der Waals surface area contributed by atoms with E-state index < -0.39 is 0 Å². The number of nitrogens with zero attached hydrogens (tertiary/aromatic N) is 2. The Bertz CT molecular complexity index is 960. The molecule has 2 aromatic carbocycles. The van der Waals surface area contributed by atoms with Gasteiger partial charge in [0, 0.05) is 10.7 Å². The van der Waals surface area contributed by atoms with Crippen molar-refractivity contribution in [2.45, 2.75) is 6.92 Å². The highest BCUT2D eigenvalue weighted by Crippen LogP contribution is 2.28. The minimum absolute atomic E-state index is 0.452. The number of thiazole rings is 1. The molecule has 0 fully saturated rings. The van der Waals surface area contributed by atoms with Crippen LogP contribution in [0.3, 0.4) is 0 Å². The fraction of sp³-hybridized carbons (Fsp3) is 0.0667. The highest BCUT2D eigenvalue weighted by Gasteiger charge is 2.07. The zero-order chi connectivity index (χ0) is 14.4. The van der Waals surface area contributed by atoms with E-state index in [-0.39, 0.29) is 0 Å². The van der Waals surface area contributed by atoms with Gasteiger partial charge in [-0.1, -0.05) is 11.6 Å². The van der Waals surface area contributed by atoms with Crippen LogP contribution >= 0.6 is 22.9 Å². The Kier molecular flexibility index (Phi) is 2.83. The molecule has 0 radical (unpaired) electrons. The van der Waals surface area contributed by atoms with Crippen molar-refractivity contribution in [2.24, 2.45) is 0 Å². The summed E-state index contributed by atoms with van der Waals surface area (Å²) in [5.41, 5.74) is 3.37. The fourth-order valence-corrected chi connectivity index (χ4v) is 3.23. The first-order chi connectivity index (χ1) is 10.2. The summed E-state index contributed by atoms with van der Waals surface area (Å²) < 4.78 is 6.79. The maximum Gasteiger partial charge on any atom is 0.300 e. The van der Waals surface area contributed by atoms with E-state index >= 15 is 0 Å². The van der Waals surface area contributed by atoms with Gasteiger partial charge in [-0.2, -0.15) is 4.98 Å². The largest absolute Gasteiger partial charge is 0.423 e. The molecule has 4 aromatic rings. The molecule has 21 heavy (non-hydrogen) atoms. The second-order valence-electron chi connectivity index (χ2n) is 4.67. The average molecular weight is 316 g/mol. The molecule has 0 bridgehead atoms. The van der Waals surface area contributed by atoms with Gasteiger partial charge in [-0.05, 0) is 43.3 Å². The van der Waals surface area contributed by atoms with Crippen LogP contribution in [0.5, 0.6) is 0 Å². The molecule has 0 saturated heterocycles. The molecule has 0 aliphatic heterocycles. The van der Waals surface area contributed by atoms with Gasteiger partial charge in [0.2, 0.25) is 0 Å². The topological polar surface area (TPSA) is 51.0 Å². The lowest BCUT2D eigenvalue weighted by Gasteiger charge is -2.00. The summed E-state index contributed by atoms with van der Waals surface area (Å²) in [5.74, 6) is 0. The first-order valence-corrected chi connectivity index (χ1v) is 7.57. The first-order valence-electron chi connectivity index (χ1n) is 6.38. The molecular formula is C15H10ClN3OS. The van der Waals surface area contributed by atoms with Gasteiger partial charge < -0.3 is 9.73 Å². The maximum absolute atomic E-state index is 5.95. The van der Waals surface area contributed by atoms with Gasteiger partial charge in [-0.15, -0.1) is 11.3 Å². The third kappa shape index (κ3) is 2.34. The number of oxazole rings is 1. The molecule has 0 unspecified atom stereocenters. The monoisotopic (exact) mass is 315 g/mol. The standard InChI is InChI=1S/C15H10ClN3OS/c1-8-17-11-4-3-10(7-14(11)21-8)18-15-19-12-6-9(16)2-5-13(12)20-15/h2-7H,1H3,(H,18,19). The molecule has 6 heteroatoms. The zero-order valence-corrected chi connectivity index (χ0v) is 12.6. The smallest absolute Gasteiger partial charge is 0.300 e. The van der Waals surface area contributed by atoms with Crippen molar-refractivity contribution in [1.82, 2.24) is 9.97 Å². The summed E-state index contributed by atoms with van der Waals surface area (Å²) in [6.45, 7) is 2.00. The third-order valence-corrected chi connectivity index (χ3v) is 4.26. The lowest BCUT2D eigenvalue weighted by molar-refractivity contribution is 0.623. The molecule has 0 aliphatic carbocycles. The van der Waals surface area contributed by atoms with Gasteiger partial charge in [0.05, 0.1) is 15.2 Å². The molecule has 0 amide bonds. The zero-order valence-electron chi connectivity index (χ0n) is 11.1. The van der Waals surface area contributed by atoms with Crippen LogP contribution in [0.15, 0.2) is 40.8 Å². The molecule has 104 valence electrons. The van der Waals surface area contributed by atoms with Crippen molar-refractivity contribution < 1.29 is 4.42 Å². The van der Waals surface area contributed by atoms with Gasteiger partial charge in [-0.25, -0.2) is 4.98 Å². The molecule has 0 saturated carbocycles. The second kappa shape index (κ2) is 4.72. The summed E-state index contributed by atoms with van der Waals surface area (Å²) in [7, 11) is 0. The van der Waals surface area contributed by atoms with E-state index in [0.717, 1.165) is 26.4 Å². The van der Waals surface area contributed by atoms with E-state index in [1.165, 1.54) is 0 Å². The molecule has 2 aromatic heterocycles.